The number of nitrogens with one attached hydrogen (secondary N) is 1. The molecule has 0 spiro atoms. The predicted molar refractivity (Wildman–Crippen MR) is 117 cm³/mol. The Morgan fingerprint density at radius 2 is 1.90 bits per heavy atom. The Morgan fingerprint density at radius 3 is 2.55 bits per heavy atom. The van der Waals surface area contributed by atoms with Gasteiger partial charge in [-0.2, -0.15) is 0 Å². The van der Waals surface area contributed by atoms with Gasteiger partial charge in [0.1, 0.15) is 11.7 Å². The highest BCUT2D eigenvalue weighted by atomic mass is 16.6. The monoisotopic (exact) mass is 431 g/mol. The number of hydrogen-bond donors (Lipinski definition) is 3. The summed E-state index contributed by atoms with van der Waals surface area (Å²) < 4.78 is 10.8. The van der Waals surface area contributed by atoms with Gasteiger partial charge in [0.05, 0.1) is 23.7 Å². The number of rotatable bonds is 6. The van der Waals surface area contributed by atoms with Gasteiger partial charge in [0.2, 0.25) is 5.88 Å². The van der Waals surface area contributed by atoms with Crippen molar-refractivity contribution >= 4 is 17.1 Å². The molecule has 3 rings (SSSR count). The second kappa shape index (κ2) is 9.78. The molecule has 1 aliphatic rings. The number of pyridine rings is 2. The third-order valence-corrected chi connectivity index (χ3v) is 5.50. The normalized spacial score (nSPS) is 21.4. The topological polar surface area (TPSA) is 114 Å². The molecule has 2 aromatic heterocycles. The summed E-state index contributed by atoms with van der Waals surface area (Å²) in [5, 5.41) is 24.8. The zero-order valence-corrected chi connectivity index (χ0v) is 18.7. The highest BCUT2D eigenvalue weighted by Crippen LogP contribution is 2.34. The molecule has 2 aromatic rings. The molecule has 0 aromatic carbocycles. The molecule has 0 bridgehead atoms. The summed E-state index contributed by atoms with van der Waals surface area (Å²) in [6.45, 7) is 7.85. The number of aliphatic hydroxyl groups excluding tert-OH is 2. The van der Waals surface area contributed by atoms with Gasteiger partial charge < -0.3 is 25.0 Å². The third-order valence-electron chi connectivity index (χ3n) is 5.50. The maximum absolute atomic E-state index is 12.0. The molecule has 1 amide bonds. The molecule has 8 nitrogen and oxygen atoms in total. The van der Waals surface area contributed by atoms with E-state index in [4.69, 9.17) is 9.47 Å². The highest BCUT2D eigenvalue weighted by molar-refractivity contribution is 5.78. The number of alkyl carbamates (subject to hydrolysis) is 1. The number of carbonyl (C=O) groups is 1. The van der Waals surface area contributed by atoms with E-state index >= 15 is 0 Å². The number of hydrogen-bond acceptors (Lipinski definition) is 7. The van der Waals surface area contributed by atoms with Crippen LogP contribution in [0.2, 0.25) is 0 Å². The lowest BCUT2D eigenvalue weighted by Gasteiger charge is -2.34. The minimum Gasteiger partial charge on any atom is -0.478 e. The highest BCUT2D eigenvalue weighted by Gasteiger charge is 2.33. The van der Waals surface area contributed by atoms with Gasteiger partial charge in [-0.05, 0) is 71.4 Å². The van der Waals surface area contributed by atoms with Gasteiger partial charge in [-0.1, -0.05) is 0 Å². The van der Waals surface area contributed by atoms with Gasteiger partial charge in [0.25, 0.3) is 0 Å². The summed E-state index contributed by atoms with van der Waals surface area (Å²) in [7, 11) is 0. The zero-order chi connectivity index (χ0) is 22.6. The molecule has 1 fully saturated rings. The Bertz CT molecular complexity index is 890. The number of ether oxygens (including phenoxy) is 2. The van der Waals surface area contributed by atoms with Crippen LogP contribution in [0, 0.1) is 5.92 Å². The molecule has 8 heteroatoms. The minimum atomic E-state index is -1.09. The van der Waals surface area contributed by atoms with E-state index in [-0.39, 0.29) is 12.0 Å². The van der Waals surface area contributed by atoms with E-state index in [1.807, 2.05) is 27.7 Å². The van der Waals surface area contributed by atoms with Crippen molar-refractivity contribution in [3.05, 3.63) is 30.0 Å². The summed E-state index contributed by atoms with van der Waals surface area (Å²) in [6, 6.07) is 5.23. The Labute approximate surface area is 183 Å². The fraction of sp³-hybridized carbons (Fsp3) is 0.609. The van der Waals surface area contributed by atoms with Crippen molar-refractivity contribution in [3.63, 3.8) is 0 Å². The zero-order valence-electron chi connectivity index (χ0n) is 18.7. The van der Waals surface area contributed by atoms with E-state index in [2.05, 4.69) is 15.3 Å². The van der Waals surface area contributed by atoms with Crippen LogP contribution in [0.25, 0.3) is 11.0 Å². The molecule has 2 heterocycles. The molecule has 1 aliphatic carbocycles. The summed E-state index contributed by atoms with van der Waals surface area (Å²) in [4.78, 5) is 20.8. The maximum Gasteiger partial charge on any atom is 0.407 e. The van der Waals surface area contributed by atoms with Gasteiger partial charge in [-0.15, -0.1) is 0 Å². The smallest absolute Gasteiger partial charge is 0.407 e. The Hall–Kier alpha value is -2.45. The number of aliphatic hydroxyl groups is 2. The van der Waals surface area contributed by atoms with Crippen LogP contribution in [0.4, 0.5) is 4.79 Å². The van der Waals surface area contributed by atoms with Gasteiger partial charge in [-0.25, -0.2) is 9.78 Å². The van der Waals surface area contributed by atoms with Gasteiger partial charge in [0, 0.05) is 23.9 Å². The Morgan fingerprint density at radius 1 is 1.19 bits per heavy atom. The fourth-order valence-corrected chi connectivity index (χ4v) is 4.02. The standard InChI is InChI=1S/C23H33N3O5/c1-5-30-18-11-10-17-19(26-18)16(12-13-24-17)21(28)20(27)14-6-8-15(9-7-14)25-22(29)31-23(2,3)4/h10-15,20-21,27-28H,5-9H2,1-4H3,(H,25,29)/t14-,15-,20-,21-/m0/s1. The van der Waals surface area contributed by atoms with Gasteiger partial charge in [-0.3, -0.25) is 4.98 Å². The van der Waals surface area contributed by atoms with Crippen molar-refractivity contribution in [2.45, 2.75) is 77.2 Å². The number of fused-ring (bicyclic) bond motifs is 1. The number of carbonyl (C=O) groups excluding carboxylic acids is 1. The van der Waals surface area contributed by atoms with Crippen molar-refractivity contribution in [1.29, 1.82) is 0 Å². The average molecular weight is 432 g/mol. The lowest BCUT2D eigenvalue weighted by Crippen LogP contribution is -2.42. The lowest BCUT2D eigenvalue weighted by atomic mass is 9.80. The average Bonchev–Trinajstić information content (AvgIpc) is 2.71. The first-order valence-corrected chi connectivity index (χ1v) is 10.9. The molecule has 0 radical (unpaired) electrons. The SMILES string of the molecule is CCOc1ccc2nccc([C@H](O)[C@@H](O)[C@H]3CC[C@H](NC(=O)OC(C)(C)C)CC3)c2n1. The van der Waals surface area contributed by atoms with Gasteiger partial charge in [0.15, 0.2) is 0 Å². The first-order valence-electron chi connectivity index (χ1n) is 10.9. The fourth-order valence-electron chi connectivity index (χ4n) is 4.02. The minimum absolute atomic E-state index is 0.00705. The van der Waals surface area contributed by atoms with Crippen LogP contribution in [0.5, 0.6) is 5.88 Å². The van der Waals surface area contributed by atoms with E-state index in [0.29, 0.717) is 41.9 Å². The number of nitrogens with zero attached hydrogens (tertiary/aromatic N) is 2. The van der Waals surface area contributed by atoms with Crippen molar-refractivity contribution in [2.75, 3.05) is 6.61 Å². The molecule has 0 unspecified atom stereocenters. The molecule has 3 N–H and O–H groups in total. The van der Waals surface area contributed by atoms with Crippen LogP contribution < -0.4 is 10.1 Å². The van der Waals surface area contributed by atoms with Crippen LogP contribution in [-0.2, 0) is 4.74 Å². The summed E-state index contributed by atoms with van der Waals surface area (Å²) in [6.07, 6.45) is 1.99. The second-order valence-electron chi connectivity index (χ2n) is 9.04. The summed E-state index contributed by atoms with van der Waals surface area (Å²) >= 11 is 0. The molecular formula is C23H33N3O5. The maximum atomic E-state index is 12.0. The molecule has 1 saturated carbocycles. The van der Waals surface area contributed by atoms with E-state index in [1.165, 1.54) is 0 Å². The molecule has 2 atom stereocenters. The lowest BCUT2D eigenvalue weighted by molar-refractivity contribution is -0.0304. The van der Waals surface area contributed by atoms with Crippen molar-refractivity contribution in [1.82, 2.24) is 15.3 Å². The summed E-state index contributed by atoms with van der Waals surface area (Å²) in [5.74, 6) is 0.379. The first kappa shape index (κ1) is 23.2. The second-order valence-corrected chi connectivity index (χ2v) is 9.04. The van der Waals surface area contributed by atoms with Crippen LogP contribution in [0.1, 0.15) is 65.0 Å². The Balaban J connectivity index is 1.64. The quantitative estimate of drug-likeness (QED) is 0.641. The van der Waals surface area contributed by atoms with Crippen molar-refractivity contribution in [3.8, 4) is 5.88 Å². The molecular weight excluding hydrogens is 398 g/mol. The molecule has 0 aliphatic heterocycles. The largest absolute Gasteiger partial charge is 0.478 e. The Kier molecular flexibility index (Phi) is 7.33. The van der Waals surface area contributed by atoms with Crippen LogP contribution in [0.3, 0.4) is 0 Å². The van der Waals surface area contributed by atoms with Gasteiger partial charge >= 0.3 is 6.09 Å². The van der Waals surface area contributed by atoms with Crippen LogP contribution in [0.15, 0.2) is 24.4 Å². The predicted octanol–water partition coefficient (Wildman–Crippen LogP) is 3.51. The number of amides is 1. The third kappa shape index (κ3) is 6.04. The van der Waals surface area contributed by atoms with Crippen LogP contribution in [-0.4, -0.2) is 50.6 Å². The number of aromatic nitrogens is 2. The van der Waals surface area contributed by atoms with E-state index in [0.717, 1.165) is 12.8 Å². The van der Waals surface area contributed by atoms with Crippen LogP contribution >= 0.6 is 0 Å². The summed E-state index contributed by atoms with van der Waals surface area (Å²) in [5.41, 5.74) is 1.16. The van der Waals surface area contributed by atoms with Crippen molar-refractivity contribution < 1.29 is 24.5 Å². The van der Waals surface area contributed by atoms with E-state index in [9.17, 15) is 15.0 Å². The molecule has 0 saturated heterocycles. The van der Waals surface area contributed by atoms with E-state index < -0.39 is 23.9 Å². The molecule has 31 heavy (non-hydrogen) atoms. The van der Waals surface area contributed by atoms with E-state index in [1.54, 1.807) is 24.4 Å². The first-order chi connectivity index (χ1) is 14.7. The van der Waals surface area contributed by atoms with Crippen molar-refractivity contribution in [2.24, 2.45) is 5.92 Å². The molecule has 170 valence electrons.